The molecule has 5 nitrogen and oxygen atoms in total. The minimum absolute atomic E-state index is 0.0258. The second-order valence-electron chi connectivity index (χ2n) is 9.77. The highest BCUT2D eigenvalue weighted by Gasteiger charge is 2.65. The molecule has 3 N–H and O–H groups in total. The summed E-state index contributed by atoms with van der Waals surface area (Å²) >= 11 is 0. The van der Waals surface area contributed by atoms with Gasteiger partial charge in [-0.2, -0.15) is 18.3 Å². The summed E-state index contributed by atoms with van der Waals surface area (Å²) in [6, 6.07) is 9.75. The number of hydrogen-bond donors (Lipinski definition) is 2. The first kappa shape index (κ1) is 23.0. The molecule has 1 saturated carbocycles. The second-order valence-corrected chi connectivity index (χ2v) is 9.77. The molecule has 34 heavy (non-hydrogen) atoms. The average molecular weight is 475 g/mol. The van der Waals surface area contributed by atoms with Crippen LogP contribution in [0.2, 0.25) is 0 Å². The molecule has 180 valence electrons. The van der Waals surface area contributed by atoms with Gasteiger partial charge in [-0.1, -0.05) is 0 Å². The van der Waals surface area contributed by atoms with E-state index in [0.717, 1.165) is 28.3 Å². The van der Waals surface area contributed by atoms with Gasteiger partial charge in [-0.25, -0.2) is 9.07 Å². The third-order valence-electron chi connectivity index (χ3n) is 7.93. The molecule has 1 fully saturated rings. The number of carbonyl (C=O) groups excluding carboxylic acids is 1. The Morgan fingerprint density at radius 3 is 2.56 bits per heavy atom. The van der Waals surface area contributed by atoms with Crippen molar-refractivity contribution in [2.45, 2.75) is 67.7 Å². The highest BCUT2D eigenvalue weighted by Crippen LogP contribution is 2.57. The lowest BCUT2D eigenvalue weighted by atomic mass is 9.52. The summed E-state index contributed by atoms with van der Waals surface area (Å²) in [5.41, 5.74) is 4.57. The van der Waals surface area contributed by atoms with Crippen LogP contribution in [0.5, 0.6) is 0 Å². The standard InChI is InChI=1S/C25H25F4N3O2/c26-18-3-5-19(6-4-18)32-21-13-16-2-1-7-23(30)15-24(34,25(27,28)29)9-8-22(23,10-11-33)20(16)12-17(21)14-31-32/h3-6,11-14,34H,1-2,7-10,15,30H2. The molecule has 5 rings (SSSR count). The van der Waals surface area contributed by atoms with E-state index in [9.17, 15) is 27.5 Å². The van der Waals surface area contributed by atoms with Gasteiger partial charge in [-0.05, 0) is 79.6 Å². The largest absolute Gasteiger partial charge is 0.417 e. The van der Waals surface area contributed by atoms with Crippen molar-refractivity contribution in [3.63, 3.8) is 0 Å². The fourth-order valence-electron chi connectivity index (χ4n) is 6.13. The van der Waals surface area contributed by atoms with E-state index in [1.54, 1.807) is 23.0 Å². The van der Waals surface area contributed by atoms with Crippen LogP contribution in [0.25, 0.3) is 16.6 Å². The van der Waals surface area contributed by atoms with E-state index < -0.39 is 35.6 Å². The Morgan fingerprint density at radius 2 is 1.88 bits per heavy atom. The van der Waals surface area contributed by atoms with Gasteiger partial charge in [0, 0.05) is 29.2 Å². The summed E-state index contributed by atoms with van der Waals surface area (Å²) in [6.07, 6.45) is -2.33. The van der Waals surface area contributed by atoms with Crippen LogP contribution >= 0.6 is 0 Å². The zero-order valence-electron chi connectivity index (χ0n) is 18.4. The first-order valence-electron chi connectivity index (χ1n) is 11.3. The number of fused-ring (bicyclic) bond motifs is 4. The summed E-state index contributed by atoms with van der Waals surface area (Å²) < 4.78 is 56.3. The van der Waals surface area contributed by atoms with E-state index in [2.05, 4.69) is 5.10 Å². The van der Waals surface area contributed by atoms with E-state index >= 15 is 0 Å². The van der Waals surface area contributed by atoms with Crippen LogP contribution in [0.1, 0.15) is 49.7 Å². The predicted molar refractivity (Wildman–Crippen MR) is 118 cm³/mol. The van der Waals surface area contributed by atoms with Gasteiger partial charge in [0.2, 0.25) is 0 Å². The predicted octanol–water partition coefficient (Wildman–Crippen LogP) is 4.50. The summed E-state index contributed by atoms with van der Waals surface area (Å²) in [5.74, 6) is -0.361. The Morgan fingerprint density at radius 1 is 1.15 bits per heavy atom. The number of aryl methyl sites for hydroxylation is 1. The van der Waals surface area contributed by atoms with Crippen molar-refractivity contribution in [2.75, 3.05) is 0 Å². The summed E-state index contributed by atoms with van der Waals surface area (Å²) in [4.78, 5) is 11.8. The maximum atomic E-state index is 13.7. The quantitative estimate of drug-likeness (QED) is 0.432. The zero-order valence-corrected chi connectivity index (χ0v) is 18.4. The topological polar surface area (TPSA) is 81.1 Å². The molecule has 2 aromatic carbocycles. The maximum Gasteiger partial charge on any atom is 0.417 e. The van der Waals surface area contributed by atoms with Gasteiger partial charge in [0.1, 0.15) is 12.1 Å². The number of aldehydes is 1. The van der Waals surface area contributed by atoms with Gasteiger partial charge in [0.05, 0.1) is 17.4 Å². The molecule has 0 bridgehead atoms. The Hall–Kier alpha value is -2.78. The second kappa shape index (κ2) is 7.61. The smallest absolute Gasteiger partial charge is 0.380 e. The summed E-state index contributed by atoms with van der Waals surface area (Å²) in [5, 5.41) is 15.7. The number of halogens is 4. The fourth-order valence-corrected chi connectivity index (χ4v) is 6.13. The molecule has 9 heteroatoms. The molecule has 0 amide bonds. The fraction of sp³-hybridized carbons (Fsp3) is 0.440. The molecule has 0 saturated heterocycles. The van der Waals surface area contributed by atoms with Crippen molar-refractivity contribution in [2.24, 2.45) is 5.73 Å². The van der Waals surface area contributed by atoms with Crippen molar-refractivity contribution in [3.05, 3.63) is 59.5 Å². The minimum Gasteiger partial charge on any atom is -0.380 e. The van der Waals surface area contributed by atoms with Gasteiger partial charge in [-0.15, -0.1) is 0 Å². The van der Waals surface area contributed by atoms with Gasteiger partial charge in [0.15, 0.2) is 5.60 Å². The van der Waals surface area contributed by atoms with Crippen LogP contribution < -0.4 is 5.73 Å². The molecule has 0 aliphatic heterocycles. The van der Waals surface area contributed by atoms with E-state index in [1.165, 1.54) is 12.1 Å². The molecule has 3 atom stereocenters. The first-order valence-corrected chi connectivity index (χ1v) is 11.3. The van der Waals surface area contributed by atoms with Crippen molar-refractivity contribution in [1.29, 1.82) is 0 Å². The number of nitrogens with zero attached hydrogens (tertiary/aromatic N) is 2. The Balaban J connectivity index is 1.67. The molecular formula is C25H25F4N3O2. The van der Waals surface area contributed by atoms with Crippen molar-refractivity contribution < 1.29 is 27.5 Å². The van der Waals surface area contributed by atoms with Crippen LogP contribution in [-0.4, -0.2) is 38.5 Å². The highest BCUT2D eigenvalue weighted by atomic mass is 19.4. The van der Waals surface area contributed by atoms with Crippen LogP contribution in [0.15, 0.2) is 42.6 Å². The van der Waals surface area contributed by atoms with Gasteiger partial charge < -0.3 is 15.6 Å². The summed E-state index contributed by atoms with van der Waals surface area (Å²) in [7, 11) is 0. The number of benzene rings is 2. The molecule has 2 aliphatic rings. The van der Waals surface area contributed by atoms with Gasteiger partial charge >= 0.3 is 6.18 Å². The van der Waals surface area contributed by atoms with Crippen LogP contribution in [0.4, 0.5) is 17.6 Å². The van der Waals surface area contributed by atoms with Crippen molar-refractivity contribution >= 4 is 17.2 Å². The van der Waals surface area contributed by atoms with Crippen LogP contribution in [0, 0.1) is 5.82 Å². The van der Waals surface area contributed by atoms with Crippen LogP contribution in [-0.2, 0) is 16.6 Å². The molecule has 0 radical (unpaired) electrons. The Labute approximate surface area is 193 Å². The number of carbonyl (C=O) groups is 1. The third kappa shape index (κ3) is 3.28. The SMILES string of the molecule is NC12CCCc3cc4c(cnn4-c4ccc(F)cc4)cc3C1(CC=O)CCC(O)(C(F)(F)F)C2. The first-order chi connectivity index (χ1) is 16.0. The molecule has 0 spiro atoms. The zero-order chi connectivity index (χ0) is 24.4. The molecule has 2 aliphatic carbocycles. The number of aliphatic hydroxyl groups is 1. The van der Waals surface area contributed by atoms with Crippen molar-refractivity contribution in [1.82, 2.24) is 9.78 Å². The molecule has 3 unspecified atom stereocenters. The lowest BCUT2D eigenvalue weighted by Gasteiger charge is -2.56. The molecule has 1 aromatic heterocycles. The minimum atomic E-state index is -4.80. The molecular weight excluding hydrogens is 450 g/mol. The van der Waals surface area contributed by atoms with E-state index in [4.69, 9.17) is 5.73 Å². The molecule has 1 heterocycles. The van der Waals surface area contributed by atoms with Crippen LogP contribution in [0.3, 0.4) is 0 Å². The maximum absolute atomic E-state index is 13.7. The van der Waals surface area contributed by atoms with E-state index in [1.807, 2.05) is 12.1 Å². The number of nitrogens with two attached hydrogens (primary N) is 1. The number of rotatable bonds is 3. The number of aromatic nitrogens is 2. The molecule has 3 aromatic rings. The number of hydrogen-bond acceptors (Lipinski definition) is 4. The van der Waals surface area contributed by atoms with E-state index in [-0.39, 0.29) is 25.1 Å². The van der Waals surface area contributed by atoms with Gasteiger partial charge in [-0.3, -0.25) is 0 Å². The Kier molecular flexibility index (Phi) is 5.15. The average Bonchev–Trinajstić information content (AvgIpc) is 3.13. The van der Waals surface area contributed by atoms with Gasteiger partial charge in [0.25, 0.3) is 0 Å². The summed E-state index contributed by atoms with van der Waals surface area (Å²) in [6.45, 7) is 0. The lowest BCUT2D eigenvalue weighted by molar-refractivity contribution is -0.281. The van der Waals surface area contributed by atoms with Crippen molar-refractivity contribution in [3.8, 4) is 5.69 Å². The monoisotopic (exact) mass is 475 g/mol. The number of alkyl halides is 3. The highest BCUT2D eigenvalue weighted by molar-refractivity contribution is 5.83. The normalized spacial score (nSPS) is 29.4. The Bertz CT molecular complexity index is 1260. The third-order valence-corrected chi connectivity index (χ3v) is 7.93. The lowest BCUT2D eigenvalue weighted by Crippen LogP contribution is -2.68. The van der Waals surface area contributed by atoms with E-state index in [0.29, 0.717) is 18.5 Å².